The van der Waals surface area contributed by atoms with Crippen LogP contribution in [0.5, 0.6) is 17.2 Å². The first-order valence-electron chi connectivity index (χ1n) is 7.29. The molecule has 22 heavy (non-hydrogen) atoms. The monoisotopic (exact) mass is 302 g/mol. The maximum atomic E-state index is 5.66. The third-order valence-corrected chi connectivity index (χ3v) is 3.09. The molecule has 0 spiro atoms. The van der Waals surface area contributed by atoms with Crippen molar-refractivity contribution in [3.8, 4) is 17.2 Å². The van der Waals surface area contributed by atoms with Crippen molar-refractivity contribution in [3.63, 3.8) is 0 Å². The molecule has 0 aromatic heterocycles. The van der Waals surface area contributed by atoms with Gasteiger partial charge >= 0.3 is 0 Å². The van der Waals surface area contributed by atoms with Crippen LogP contribution in [-0.4, -0.2) is 26.6 Å². The SMILES string of the molecule is COc1ccc(OCCOC(C)Oc2ccc(C)cc2)cc1. The minimum absolute atomic E-state index is 0.317. The van der Waals surface area contributed by atoms with Gasteiger partial charge in [-0.2, -0.15) is 0 Å². The average molecular weight is 302 g/mol. The van der Waals surface area contributed by atoms with Crippen LogP contribution in [0.1, 0.15) is 12.5 Å². The summed E-state index contributed by atoms with van der Waals surface area (Å²) >= 11 is 0. The molecule has 0 aliphatic rings. The Labute approximate surface area is 131 Å². The molecule has 2 rings (SSSR count). The van der Waals surface area contributed by atoms with Crippen LogP contribution in [0.3, 0.4) is 0 Å². The molecule has 1 unspecified atom stereocenters. The molecule has 2 aromatic carbocycles. The van der Waals surface area contributed by atoms with E-state index in [4.69, 9.17) is 18.9 Å². The molecule has 4 heteroatoms. The van der Waals surface area contributed by atoms with Crippen LogP contribution < -0.4 is 14.2 Å². The Balaban J connectivity index is 1.66. The number of benzene rings is 2. The first-order valence-corrected chi connectivity index (χ1v) is 7.29. The van der Waals surface area contributed by atoms with Crippen LogP contribution in [0.15, 0.2) is 48.5 Å². The Bertz CT molecular complexity index is 548. The van der Waals surface area contributed by atoms with Crippen molar-refractivity contribution in [2.24, 2.45) is 0 Å². The molecular formula is C18H22O4. The Morgan fingerprint density at radius 1 is 0.818 bits per heavy atom. The topological polar surface area (TPSA) is 36.9 Å². The summed E-state index contributed by atoms with van der Waals surface area (Å²) in [5, 5.41) is 0. The van der Waals surface area contributed by atoms with E-state index in [9.17, 15) is 0 Å². The van der Waals surface area contributed by atoms with Crippen molar-refractivity contribution in [3.05, 3.63) is 54.1 Å². The molecule has 0 radical (unpaired) electrons. The van der Waals surface area contributed by atoms with E-state index in [0.717, 1.165) is 17.2 Å². The fourth-order valence-electron chi connectivity index (χ4n) is 1.89. The third-order valence-electron chi connectivity index (χ3n) is 3.09. The van der Waals surface area contributed by atoms with Crippen molar-refractivity contribution in [1.82, 2.24) is 0 Å². The summed E-state index contributed by atoms with van der Waals surface area (Å²) in [4.78, 5) is 0. The van der Waals surface area contributed by atoms with Gasteiger partial charge in [-0.15, -0.1) is 0 Å². The molecule has 0 aliphatic heterocycles. The number of aryl methyl sites for hydroxylation is 1. The number of methoxy groups -OCH3 is 1. The Kier molecular flexibility index (Phi) is 6.10. The van der Waals surface area contributed by atoms with Gasteiger partial charge in [-0.3, -0.25) is 0 Å². The maximum Gasteiger partial charge on any atom is 0.197 e. The van der Waals surface area contributed by atoms with E-state index in [1.54, 1.807) is 7.11 Å². The third kappa shape index (κ3) is 5.30. The highest BCUT2D eigenvalue weighted by atomic mass is 16.7. The zero-order chi connectivity index (χ0) is 15.8. The molecule has 2 aromatic rings. The van der Waals surface area contributed by atoms with Gasteiger partial charge in [0.25, 0.3) is 0 Å². The number of hydrogen-bond donors (Lipinski definition) is 0. The Morgan fingerprint density at radius 2 is 1.41 bits per heavy atom. The summed E-state index contributed by atoms with van der Waals surface area (Å²) in [5.74, 6) is 2.40. The molecule has 0 saturated heterocycles. The van der Waals surface area contributed by atoms with Gasteiger partial charge in [-0.25, -0.2) is 0 Å². The van der Waals surface area contributed by atoms with Gasteiger partial charge in [-0.05, 0) is 50.2 Å². The van der Waals surface area contributed by atoms with E-state index < -0.39 is 0 Å². The predicted molar refractivity (Wildman–Crippen MR) is 85.7 cm³/mol. The van der Waals surface area contributed by atoms with E-state index in [1.807, 2.05) is 62.4 Å². The molecule has 4 nitrogen and oxygen atoms in total. The Hall–Kier alpha value is -2.20. The van der Waals surface area contributed by atoms with Crippen molar-refractivity contribution in [2.75, 3.05) is 20.3 Å². The van der Waals surface area contributed by atoms with E-state index in [2.05, 4.69) is 0 Å². The second-order valence-electron chi connectivity index (χ2n) is 4.89. The van der Waals surface area contributed by atoms with Crippen LogP contribution in [0.2, 0.25) is 0 Å². The molecule has 0 heterocycles. The summed E-state index contributed by atoms with van der Waals surface area (Å²) in [6, 6.07) is 15.3. The van der Waals surface area contributed by atoms with E-state index in [1.165, 1.54) is 5.56 Å². The lowest BCUT2D eigenvalue weighted by Gasteiger charge is -2.16. The molecule has 0 amide bonds. The Morgan fingerprint density at radius 3 is 2.05 bits per heavy atom. The van der Waals surface area contributed by atoms with Gasteiger partial charge in [-0.1, -0.05) is 17.7 Å². The molecular weight excluding hydrogens is 280 g/mol. The first-order chi connectivity index (χ1) is 10.7. The van der Waals surface area contributed by atoms with Crippen LogP contribution in [-0.2, 0) is 4.74 Å². The summed E-state index contributed by atoms with van der Waals surface area (Å²) in [7, 11) is 1.64. The lowest BCUT2D eigenvalue weighted by atomic mass is 10.2. The summed E-state index contributed by atoms with van der Waals surface area (Å²) in [6.07, 6.45) is -0.317. The minimum atomic E-state index is -0.317. The van der Waals surface area contributed by atoms with Crippen molar-refractivity contribution in [1.29, 1.82) is 0 Å². The predicted octanol–water partition coefficient (Wildman–Crippen LogP) is 3.82. The average Bonchev–Trinajstić information content (AvgIpc) is 2.54. The number of hydrogen-bond acceptors (Lipinski definition) is 4. The number of rotatable bonds is 8. The molecule has 0 bridgehead atoms. The number of ether oxygens (including phenoxy) is 4. The lowest BCUT2D eigenvalue weighted by Crippen LogP contribution is -2.19. The van der Waals surface area contributed by atoms with Crippen LogP contribution in [0.4, 0.5) is 0 Å². The molecule has 1 atom stereocenters. The van der Waals surface area contributed by atoms with E-state index >= 15 is 0 Å². The lowest BCUT2D eigenvalue weighted by molar-refractivity contribution is -0.0739. The van der Waals surface area contributed by atoms with Crippen LogP contribution in [0, 0.1) is 6.92 Å². The second kappa shape index (κ2) is 8.29. The normalized spacial score (nSPS) is 11.8. The zero-order valence-electron chi connectivity index (χ0n) is 13.2. The summed E-state index contributed by atoms with van der Waals surface area (Å²) < 4.78 is 21.9. The quantitative estimate of drug-likeness (QED) is 0.548. The molecule has 0 fully saturated rings. The maximum absolute atomic E-state index is 5.66. The molecule has 0 saturated carbocycles. The van der Waals surface area contributed by atoms with E-state index in [-0.39, 0.29) is 6.29 Å². The van der Waals surface area contributed by atoms with Gasteiger partial charge in [0, 0.05) is 0 Å². The van der Waals surface area contributed by atoms with Crippen molar-refractivity contribution >= 4 is 0 Å². The highest BCUT2D eigenvalue weighted by Crippen LogP contribution is 2.17. The smallest absolute Gasteiger partial charge is 0.197 e. The highest BCUT2D eigenvalue weighted by molar-refractivity contribution is 5.31. The minimum Gasteiger partial charge on any atom is -0.497 e. The van der Waals surface area contributed by atoms with Gasteiger partial charge in [0.1, 0.15) is 23.9 Å². The standard InChI is InChI=1S/C18H22O4/c1-14-4-6-18(7-5-14)22-15(2)20-12-13-21-17-10-8-16(19-3)9-11-17/h4-11,15H,12-13H2,1-3H3. The van der Waals surface area contributed by atoms with Crippen molar-refractivity contribution < 1.29 is 18.9 Å². The largest absolute Gasteiger partial charge is 0.497 e. The highest BCUT2D eigenvalue weighted by Gasteiger charge is 2.04. The van der Waals surface area contributed by atoms with Gasteiger partial charge in [0.05, 0.1) is 13.7 Å². The fourth-order valence-corrected chi connectivity index (χ4v) is 1.89. The van der Waals surface area contributed by atoms with Crippen LogP contribution in [0.25, 0.3) is 0 Å². The molecule has 0 N–H and O–H groups in total. The molecule has 0 aliphatic carbocycles. The fraction of sp³-hybridized carbons (Fsp3) is 0.333. The van der Waals surface area contributed by atoms with Crippen LogP contribution >= 0.6 is 0 Å². The summed E-state index contributed by atoms with van der Waals surface area (Å²) in [5.41, 5.74) is 1.20. The zero-order valence-corrected chi connectivity index (χ0v) is 13.2. The molecule has 118 valence electrons. The first kappa shape index (κ1) is 16.2. The van der Waals surface area contributed by atoms with Gasteiger partial charge < -0.3 is 18.9 Å². The van der Waals surface area contributed by atoms with E-state index in [0.29, 0.717) is 13.2 Å². The van der Waals surface area contributed by atoms with Crippen molar-refractivity contribution in [2.45, 2.75) is 20.1 Å². The second-order valence-corrected chi connectivity index (χ2v) is 4.89. The summed E-state index contributed by atoms with van der Waals surface area (Å²) in [6.45, 7) is 4.83. The van der Waals surface area contributed by atoms with Gasteiger partial charge in [0.2, 0.25) is 0 Å². The van der Waals surface area contributed by atoms with Gasteiger partial charge in [0.15, 0.2) is 6.29 Å².